The minimum Gasteiger partial charge on any atom is -0.496 e. The van der Waals surface area contributed by atoms with E-state index in [9.17, 15) is 18.0 Å². The van der Waals surface area contributed by atoms with Crippen LogP contribution in [0.1, 0.15) is 10.4 Å². The van der Waals surface area contributed by atoms with E-state index < -0.39 is 15.9 Å². The second-order valence-electron chi connectivity index (χ2n) is 5.38. The lowest BCUT2D eigenvalue weighted by Crippen LogP contribution is -2.25. The Morgan fingerprint density at radius 2 is 2.04 bits per heavy atom. The highest BCUT2D eigenvalue weighted by Crippen LogP contribution is 2.32. The van der Waals surface area contributed by atoms with Gasteiger partial charge >= 0.3 is 0 Å². The third-order valence-electron chi connectivity index (χ3n) is 3.61. The second-order valence-corrected chi connectivity index (χ2v) is 7.06. The fourth-order valence-corrected chi connectivity index (χ4v) is 3.47. The van der Waals surface area contributed by atoms with Gasteiger partial charge in [-0.1, -0.05) is 0 Å². The zero-order valence-electron chi connectivity index (χ0n) is 13.6. The highest BCUT2D eigenvalue weighted by Gasteiger charge is 2.21. The summed E-state index contributed by atoms with van der Waals surface area (Å²) in [4.78, 5) is 22.6. The number of carbonyl (C=O) groups excluding carboxylic acids is 2. The monoisotopic (exact) mass is 377 g/mol. The smallest absolute Gasteiger partial charge is 0.262 e. The lowest BCUT2D eigenvalue weighted by molar-refractivity contribution is -0.118. The van der Waals surface area contributed by atoms with Crippen LogP contribution in [-0.4, -0.2) is 33.9 Å². The zero-order valence-corrected chi connectivity index (χ0v) is 14.4. The van der Waals surface area contributed by atoms with Crippen LogP contribution >= 0.6 is 0 Å². The molecule has 0 unspecified atom stereocenters. The van der Waals surface area contributed by atoms with E-state index in [-0.39, 0.29) is 34.4 Å². The second kappa shape index (κ2) is 6.56. The molecule has 2 aromatic carbocycles. The standard InChI is InChI=1S/C16H15N3O6S/c1-24-13-5-3-10(7-11(13)16(17)21)26(22,23)19-9-2-4-12-14(6-9)25-8-15(20)18-12/h2-7,19H,8H2,1H3,(H2,17,21)(H,18,20). The molecule has 0 aromatic heterocycles. The summed E-state index contributed by atoms with van der Waals surface area (Å²) in [6, 6.07) is 8.23. The fraction of sp³-hybridized carbons (Fsp3) is 0.125. The number of sulfonamides is 1. The van der Waals surface area contributed by atoms with E-state index in [1.165, 1.54) is 37.4 Å². The summed E-state index contributed by atoms with van der Waals surface area (Å²) in [6.45, 7) is -0.149. The third-order valence-corrected chi connectivity index (χ3v) is 4.99. The molecule has 0 atom stereocenters. The molecule has 0 spiro atoms. The summed E-state index contributed by atoms with van der Waals surface area (Å²) in [5.74, 6) is -0.577. The lowest BCUT2D eigenvalue weighted by atomic mass is 10.2. The van der Waals surface area contributed by atoms with Crippen molar-refractivity contribution in [2.75, 3.05) is 23.8 Å². The predicted octanol–water partition coefficient (Wildman–Crippen LogP) is 0.926. The predicted molar refractivity (Wildman–Crippen MR) is 92.9 cm³/mol. The molecular formula is C16H15N3O6S. The first-order valence-corrected chi connectivity index (χ1v) is 8.86. The van der Waals surface area contributed by atoms with E-state index in [1.807, 2.05) is 0 Å². The van der Waals surface area contributed by atoms with Crippen molar-refractivity contribution in [3.63, 3.8) is 0 Å². The first kappa shape index (κ1) is 17.5. The molecule has 0 fully saturated rings. The molecule has 136 valence electrons. The molecule has 10 heteroatoms. The van der Waals surface area contributed by atoms with Crippen molar-refractivity contribution < 1.29 is 27.5 Å². The Kier molecular flexibility index (Phi) is 4.43. The zero-order chi connectivity index (χ0) is 18.9. The van der Waals surface area contributed by atoms with Gasteiger partial charge in [-0.25, -0.2) is 8.42 Å². The molecule has 1 aliphatic rings. The first-order valence-electron chi connectivity index (χ1n) is 7.37. The minimum absolute atomic E-state index is 0.0492. The van der Waals surface area contributed by atoms with Gasteiger partial charge in [-0.05, 0) is 30.3 Å². The average molecular weight is 377 g/mol. The van der Waals surface area contributed by atoms with Gasteiger partial charge in [0, 0.05) is 6.07 Å². The number of primary amides is 1. The number of hydrogen-bond donors (Lipinski definition) is 3. The van der Waals surface area contributed by atoms with Crippen LogP contribution in [0.25, 0.3) is 0 Å². The maximum Gasteiger partial charge on any atom is 0.262 e. The molecule has 2 aromatic rings. The number of amides is 2. The van der Waals surface area contributed by atoms with E-state index in [4.69, 9.17) is 15.2 Å². The van der Waals surface area contributed by atoms with Crippen molar-refractivity contribution in [3.05, 3.63) is 42.0 Å². The van der Waals surface area contributed by atoms with Crippen molar-refractivity contribution >= 4 is 33.2 Å². The fourth-order valence-electron chi connectivity index (χ4n) is 2.40. The number of anilines is 2. The Morgan fingerprint density at radius 3 is 2.73 bits per heavy atom. The maximum atomic E-state index is 12.6. The third kappa shape index (κ3) is 3.40. The van der Waals surface area contributed by atoms with Crippen LogP contribution in [0.3, 0.4) is 0 Å². The van der Waals surface area contributed by atoms with E-state index in [0.29, 0.717) is 11.4 Å². The van der Waals surface area contributed by atoms with Gasteiger partial charge in [0.05, 0.1) is 28.9 Å². The molecule has 0 aliphatic carbocycles. The molecule has 9 nitrogen and oxygen atoms in total. The summed E-state index contributed by atoms with van der Waals surface area (Å²) in [5.41, 5.74) is 5.89. The Labute approximate surface area is 149 Å². The summed E-state index contributed by atoms with van der Waals surface area (Å²) >= 11 is 0. The molecule has 0 radical (unpaired) electrons. The Bertz CT molecular complexity index is 1000. The van der Waals surface area contributed by atoms with Gasteiger partial charge in [0.25, 0.3) is 21.8 Å². The van der Waals surface area contributed by atoms with Crippen molar-refractivity contribution in [1.82, 2.24) is 0 Å². The topological polar surface area (TPSA) is 137 Å². The van der Waals surface area contributed by atoms with Gasteiger partial charge in [0.2, 0.25) is 0 Å². The minimum atomic E-state index is -3.99. The Hall–Kier alpha value is -3.27. The van der Waals surface area contributed by atoms with Crippen LogP contribution in [-0.2, 0) is 14.8 Å². The van der Waals surface area contributed by atoms with E-state index in [1.54, 1.807) is 0 Å². The molecule has 0 saturated carbocycles. The summed E-state index contributed by atoms with van der Waals surface area (Å²) in [6.07, 6.45) is 0. The quantitative estimate of drug-likeness (QED) is 0.709. The Morgan fingerprint density at radius 1 is 1.27 bits per heavy atom. The van der Waals surface area contributed by atoms with Crippen LogP contribution in [0, 0.1) is 0 Å². The van der Waals surface area contributed by atoms with Crippen LogP contribution in [0.5, 0.6) is 11.5 Å². The van der Waals surface area contributed by atoms with Gasteiger partial charge in [0.1, 0.15) is 11.5 Å². The molecule has 26 heavy (non-hydrogen) atoms. The first-order chi connectivity index (χ1) is 12.3. The molecule has 1 aliphatic heterocycles. The van der Waals surface area contributed by atoms with Gasteiger partial charge in [-0.3, -0.25) is 14.3 Å². The molecule has 0 bridgehead atoms. The highest BCUT2D eigenvalue weighted by molar-refractivity contribution is 7.92. The number of hydrogen-bond acceptors (Lipinski definition) is 6. The molecule has 1 heterocycles. The number of nitrogens with two attached hydrogens (primary N) is 1. The van der Waals surface area contributed by atoms with Crippen molar-refractivity contribution in [2.45, 2.75) is 4.90 Å². The van der Waals surface area contributed by atoms with Crippen LogP contribution in [0.2, 0.25) is 0 Å². The molecule has 2 amide bonds. The number of fused-ring (bicyclic) bond motifs is 1. The van der Waals surface area contributed by atoms with E-state index >= 15 is 0 Å². The number of methoxy groups -OCH3 is 1. The number of carbonyl (C=O) groups is 2. The van der Waals surface area contributed by atoms with Crippen molar-refractivity contribution in [3.8, 4) is 11.5 Å². The van der Waals surface area contributed by atoms with Crippen molar-refractivity contribution in [1.29, 1.82) is 0 Å². The normalized spacial score (nSPS) is 13.2. The number of ether oxygens (including phenoxy) is 2. The summed E-state index contributed by atoms with van der Waals surface area (Å²) < 4.78 is 37.8. The van der Waals surface area contributed by atoms with E-state index in [2.05, 4.69) is 10.0 Å². The number of benzene rings is 2. The van der Waals surface area contributed by atoms with Gasteiger partial charge < -0.3 is 20.5 Å². The van der Waals surface area contributed by atoms with Crippen molar-refractivity contribution in [2.24, 2.45) is 5.73 Å². The number of nitrogens with one attached hydrogen (secondary N) is 2. The van der Waals surface area contributed by atoms with Crippen LogP contribution < -0.4 is 25.2 Å². The molecule has 4 N–H and O–H groups in total. The average Bonchev–Trinajstić information content (AvgIpc) is 2.61. The Balaban J connectivity index is 1.91. The highest BCUT2D eigenvalue weighted by atomic mass is 32.2. The maximum absolute atomic E-state index is 12.6. The lowest BCUT2D eigenvalue weighted by Gasteiger charge is -2.19. The van der Waals surface area contributed by atoms with Gasteiger partial charge in [-0.2, -0.15) is 0 Å². The SMILES string of the molecule is COc1ccc(S(=O)(=O)Nc2ccc3c(c2)OCC(=O)N3)cc1C(N)=O. The van der Waals surface area contributed by atoms with Crippen LogP contribution in [0.4, 0.5) is 11.4 Å². The van der Waals surface area contributed by atoms with Crippen LogP contribution in [0.15, 0.2) is 41.3 Å². The van der Waals surface area contributed by atoms with Gasteiger partial charge in [-0.15, -0.1) is 0 Å². The molecular weight excluding hydrogens is 362 g/mol. The largest absolute Gasteiger partial charge is 0.496 e. The summed E-state index contributed by atoms with van der Waals surface area (Å²) in [7, 11) is -2.64. The summed E-state index contributed by atoms with van der Waals surface area (Å²) in [5, 5.41) is 2.61. The number of rotatable bonds is 5. The molecule has 0 saturated heterocycles. The molecule has 3 rings (SSSR count). The van der Waals surface area contributed by atoms with E-state index in [0.717, 1.165) is 6.07 Å². The van der Waals surface area contributed by atoms with Gasteiger partial charge in [0.15, 0.2) is 6.61 Å².